The fourth-order valence-corrected chi connectivity index (χ4v) is 6.17. The largest absolute Gasteiger partial charge is 0.377 e. The van der Waals surface area contributed by atoms with Crippen LogP contribution in [0.1, 0.15) is 42.7 Å². The van der Waals surface area contributed by atoms with Gasteiger partial charge in [0.25, 0.3) is 0 Å². The van der Waals surface area contributed by atoms with Crippen molar-refractivity contribution in [3.8, 4) is 0 Å². The fourth-order valence-electron chi connectivity index (χ4n) is 4.88. The van der Waals surface area contributed by atoms with Crippen LogP contribution < -0.4 is 5.32 Å². The Labute approximate surface area is 139 Å². The molecule has 4 rings (SSSR count). The summed E-state index contributed by atoms with van der Waals surface area (Å²) in [5, 5.41) is 3.35. The Hall–Kier alpha value is -0.720. The lowest BCUT2D eigenvalue weighted by atomic mass is 9.54. The standard InChI is InChI=1S/C16H22N2O2S2/c1-9-11(22-15(21)17-9)8-12(19)18-13-10-4-7-20-14(10)16(13)5-2-3-6-16/h10,13-14H,2-8H2,1H3,(H,17,21)(H,18,19)/t10-,13-,14-/m1/s1. The number of hydrogen-bond acceptors (Lipinski definition) is 4. The first-order chi connectivity index (χ1) is 10.6. The molecule has 3 aliphatic rings. The summed E-state index contributed by atoms with van der Waals surface area (Å²) in [6, 6.07) is 0.321. The SMILES string of the molecule is Cc1[nH]c(=S)sc1CC(=O)N[C@@H]1[C@H]2CCO[C@H]2C12CCCC2. The monoisotopic (exact) mass is 338 g/mol. The average molecular weight is 338 g/mol. The summed E-state index contributed by atoms with van der Waals surface area (Å²) in [4.78, 5) is 16.7. The van der Waals surface area contributed by atoms with Gasteiger partial charge >= 0.3 is 0 Å². The van der Waals surface area contributed by atoms with E-state index >= 15 is 0 Å². The van der Waals surface area contributed by atoms with E-state index in [2.05, 4.69) is 10.3 Å². The van der Waals surface area contributed by atoms with E-state index < -0.39 is 0 Å². The van der Waals surface area contributed by atoms with Crippen LogP contribution in [0.3, 0.4) is 0 Å². The van der Waals surface area contributed by atoms with E-state index in [1.807, 2.05) is 6.92 Å². The molecular weight excluding hydrogens is 316 g/mol. The highest BCUT2D eigenvalue weighted by molar-refractivity contribution is 7.73. The molecule has 0 bridgehead atoms. The minimum Gasteiger partial charge on any atom is -0.377 e. The third kappa shape index (κ3) is 2.19. The molecule has 2 heterocycles. The zero-order valence-corrected chi connectivity index (χ0v) is 14.4. The van der Waals surface area contributed by atoms with E-state index in [0.29, 0.717) is 24.5 Å². The Morgan fingerprint density at radius 1 is 1.50 bits per heavy atom. The zero-order chi connectivity index (χ0) is 15.3. The minimum absolute atomic E-state index is 0.134. The van der Waals surface area contributed by atoms with Crippen molar-refractivity contribution in [1.29, 1.82) is 0 Å². The van der Waals surface area contributed by atoms with Crippen molar-refractivity contribution in [2.24, 2.45) is 11.3 Å². The van der Waals surface area contributed by atoms with Crippen molar-refractivity contribution < 1.29 is 9.53 Å². The van der Waals surface area contributed by atoms with Crippen molar-refractivity contribution in [1.82, 2.24) is 10.3 Å². The maximum atomic E-state index is 12.5. The van der Waals surface area contributed by atoms with Crippen LogP contribution in [0.4, 0.5) is 0 Å². The van der Waals surface area contributed by atoms with Crippen LogP contribution in [-0.2, 0) is 16.0 Å². The van der Waals surface area contributed by atoms with E-state index in [4.69, 9.17) is 17.0 Å². The number of aromatic amines is 1. The first-order valence-corrected chi connectivity index (χ1v) is 9.42. The van der Waals surface area contributed by atoms with Gasteiger partial charge in [-0.3, -0.25) is 4.79 Å². The molecule has 2 N–H and O–H groups in total. The zero-order valence-electron chi connectivity index (χ0n) is 12.8. The third-order valence-electron chi connectivity index (χ3n) is 5.85. The Bertz CT molecular complexity index is 645. The summed E-state index contributed by atoms with van der Waals surface area (Å²) in [5.41, 5.74) is 1.26. The highest BCUT2D eigenvalue weighted by atomic mass is 32.1. The van der Waals surface area contributed by atoms with E-state index in [1.54, 1.807) is 0 Å². The number of amides is 1. The lowest BCUT2D eigenvalue weighted by Gasteiger charge is -2.56. The number of thiazole rings is 1. The van der Waals surface area contributed by atoms with Crippen molar-refractivity contribution >= 4 is 29.5 Å². The number of ether oxygens (including phenoxy) is 1. The lowest BCUT2D eigenvalue weighted by Crippen LogP contribution is -2.68. The van der Waals surface area contributed by atoms with Gasteiger partial charge in [-0.1, -0.05) is 12.8 Å². The highest BCUT2D eigenvalue weighted by Crippen LogP contribution is 2.60. The summed E-state index contributed by atoms with van der Waals surface area (Å²) in [7, 11) is 0. The van der Waals surface area contributed by atoms with Gasteiger partial charge in [0.1, 0.15) is 0 Å². The van der Waals surface area contributed by atoms with Gasteiger partial charge in [0.05, 0.1) is 12.5 Å². The molecule has 2 aliphatic carbocycles. The van der Waals surface area contributed by atoms with E-state index in [-0.39, 0.29) is 11.3 Å². The number of carbonyl (C=O) groups is 1. The summed E-state index contributed by atoms with van der Waals surface area (Å²) >= 11 is 6.67. The van der Waals surface area contributed by atoms with Gasteiger partial charge < -0.3 is 15.0 Å². The van der Waals surface area contributed by atoms with Crippen molar-refractivity contribution in [3.63, 3.8) is 0 Å². The van der Waals surface area contributed by atoms with Crippen LogP contribution in [0.2, 0.25) is 0 Å². The molecule has 1 aromatic heterocycles. The Morgan fingerprint density at radius 3 is 2.95 bits per heavy atom. The lowest BCUT2D eigenvalue weighted by molar-refractivity contribution is -0.145. The second-order valence-corrected chi connectivity index (χ2v) is 8.74. The van der Waals surface area contributed by atoms with Crippen LogP contribution in [0.25, 0.3) is 0 Å². The third-order valence-corrected chi connectivity index (χ3v) is 7.18. The molecule has 1 aliphatic heterocycles. The molecule has 2 saturated carbocycles. The number of fused-ring (bicyclic) bond motifs is 2. The fraction of sp³-hybridized carbons (Fsp3) is 0.750. The minimum atomic E-state index is 0.134. The average Bonchev–Trinajstić information content (AvgIpc) is 3.16. The molecular formula is C16H22N2O2S2. The normalized spacial score (nSPS) is 32.0. The van der Waals surface area contributed by atoms with Gasteiger partial charge in [0, 0.05) is 34.6 Å². The van der Waals surface area contributed by atoms with E-state index in [0.717, 1.165) is 27.6 Å². The van der Waals surface area contributed by atoms with E-state index in [1.165, 1.54) is 37.0 Å². The molecule has 0 radical (unpaired) electrons. The predicted octanol–water partition coefficient (Wildman–Crippen LogP) is 3.12. The summed E-state index contributed by atoms with van der Waals surface area (Å²) in [6.07, 6.45) is 6.90. The number of rotatable bonds is 3. The molecule has 3 fully saturated rings. The van der Waals surface area contributed by atoms with E-state index in [9.17, 15) is 4.79 Å². The highest BCUT2D eigenvalue weighted by Gasteiger charge is 2.65. The molecule has 1 amide bonds. The van der Waals surface area contributed by atoms with Crippen LogP contribution in [-0.4, -0.2) is 29.6 Å². The molecule has 0 unspecified atom stereocenters. The van der Waals surface area contributed by atoms with Crippen molar-refractivity contribution in [2.45, 2.75) is 57.6 Å². The maximum absolute atomic E-state index is 12.5. The summed E-state index contributed by atoms with van der Waals surface area (Å²) in [5.74, 6) is 0.669. The van der Waals surface area contributed by atoms with Gasteiger partial charge in [-0.25, -0.2) is 0 Å². The Kier molecular flexibility index (Phi) is 3.66. The molecule has 4 nitrogen and oxygen atoms in total. The van der Waals surface area contributed by atoms with Gasteiger partial charge in [0.2, 0.25) is 5.91 Å². The van der Waals surface area contributed by atoms with Crippen molar-refractivity contribution in [2.75, 3.05) is 6.61 Å². The number of H-pyrrole nitrogens is 1. The Morgan fingerprint density at radius 2 is 2.27 bits per heavy atom. The number of aryl methyl sites for hydroxylation is 1. The van der Waals surface area contributed by atoms with Crippen LogP contribution in [0.5, 0.6) is 0 Å². The predicted molar refractivity (Wildman–Crippen MR) is 88.6 cm³/mol. The maximum Gasteiger partial charge on any atom is 0.225 e. The van der Waals surface area contributed by atoms with Gasteiger partial charge in [-0.05, 0) is 38.4 Å². The number of nitrogens with one attached hydrogen (secondary N) is 2. The second kappa shape index (κ2) is 5.42. The smallest absolute Gasteiger partial charge is 0.225 e. The molecule has 22 heavy (non-hydrogen) atoms. The quantitative estimate of drug-likeness (QED) is 0.833. The van der Waals surface area contributed by atoms with Crippen LogP contribution in [0.15, 0.2) is 0 Å². The van der Waals surface area contributed by atoms with Crippen LogP contribution >= 0.6 is 23.6 Å². The topological polar surface area (TPSA) is 54.1 Å². The Balaban J connectivity index is 1.47. The van der Waals surface area contributed by atoms with Crippen LogP contribution in [0, 0.1) is 22.2 Å². The first kappa shape index (κ1) is 14.8. The number of carbonyl (C=O) groups excluding carboxylic acids is 1. The van der Waals surface area contributed by atoms with Gasteiger partial charge in [-0.2, -0.15) is 0 Å². The molecule has 1 saturated heterocycles. The van der Waals surface area contributed by atoms with Gasteiger partial charge in [-0.15, -0.1) is 11.3 Å². The molecule has 120 valence electrons. The molecule has 6 heteroatoms. The number of hydrogen-bond donors (Lipinski definition) is 2. The summed E-state index contributed by atoms with van der Waals surface area (Å²) < 4.78 is 6.72. The molecule has 0 aromatic carbocycles. The molecule has 1 spiro atoms. The van der Waals surface area contributed by atoms with Crippen molar-refractivity contribution in [3.05, 3.63) is 14.5 Å². The summed E-state index contributed by atoms with van der Waals surface area (Å²) in [6.45, 7) is 2.85. The first-order valence-electron chi connectivity index (χ1n) is 8.20. The second-order valence-electron chi connectivity index (χ2n) is 6.97. The van der Waals surface area contributed by atoms with Gasteiger partial charge in [0.15, 0.2) is 3.95 Å². The molecule has 1 aromatic rings. The molecule has 3 atom stereocenters. The number of aromatic nitrogens is 1.